The third kappa shape index (κ3) is 3.18. The number of rotatable bonds is 4. The Kier molecular flexibility index (Phi) is 4.80. The summed E-state index contributed by atoms with van der Waals surface area (Å²) in [7, 11) is 0. The number of hydrogen-bond donors (Lipinski definition) is 1. The molecule has 2 N–H and O–H groups in total. The predicted octanol–water partition coefficient (Wildman–Crippen LogP) is 2.74. The fourth-order valence-electron chi connectivity index (χ4n) is 3.39. The highest BCUT2D eigenvalue weighted by molar-refractivity contribution is 8.00. The van der Waals surface area contributed by atoms with E-state index in [1.54, 1.807) is 0 Å². The Morgan fingerprint density at radius 3 is 2.55 bits per heavy atom. The van der Waals surface area contributed by atoms with Gasteiger partial charge in [0.1, 0.15) is 0 Å². The maximum Gasteiger partial charge on any atom is 0.0662 e. The van der Waals surface area contributed by atoms with Crippen molar-refractivity contribution in [2.75, 3.05) is 32.0 Å². The molecule has 2 rings (SSSR count). The Morgan fingerprint density at radius 2 is 1.95 bits per heavy atom. The molecule has 0 aromatic rings. The Labute approximate surface area is 129 Å². The zero-order valence-corrected chi connectivity index (χ0v) is 14.7. The average Bonchev–Trinajstić information content (AvgIpc) is 2.51. The molecular formula is C16H32N2OS. The third-order valence-electron chi connectivity index (χ3n) is 5.44. The molecule has 1 aliphatic heterocycles. The minimum Gasteiger partial charge on any atom is -0.378 e. The first kappa shape index (κ1) is 16.6. The van der Waals surface area contributed by atoms with Crippen LogP contribution in [0.25, 0.3) is 0 Å². The second-order valence-corrected chi connectivity index (χ2v) is 9.46. The van der Waals surface area contributed by atoms with E-state index in [0.29, 0.717) is 10.9 Å². The van der Waals surface area contributed by atoms with Crippen LogP contribution in [-0.4, -0.2) is 53.3 Å². The summed E-state index contributed by atoms with van der Waals surface area (Å²) < 4.78 is 6.25. The van der Waals surface area contributed by atoms with E-state index in [-0.39, 0.29) is 11.0 Å². The van der Waals surface area contributed by atoms with Crippen LogP contribution in [-0.2, 0) is 4.74 Å². The van der Waals surface area contributed by atoms with E-state index in [9.17, 15) is 0 Å². The lowest BCUT2D eigenvalue weighted by atomic mass is 9.54. The summed E-state index contributed by atoms with van der Waals surface area (Å²) >= 11 is 2.10. The smallest absolute Gasteiger partial charge is 0.0662 e. The van der Waals surface area contributed by atoms with Crippen LogP contribution in [0.5, 0.6) is 0 Å². The molecule has 118 valence electrons. The molecule has 1 heterocycles. The number of thioether (sulfide) groups is 1. The van der Waals surface area contributed by atoms with Gasteiger partial charge in [-0.05, 0) is 26.3 Å². The van der Waals surface area contributed by atoms with E-state index in [1.165, 1.54) is 25.3 Å². The second-order valence-electron chi connectivity index (χ2n) is 7.66. The zero-order valence-electron chi connectivity index (χ0n) is 13.9. The van der Waals surface area contributed by atoms with Crippen LogP contribution < -0.4 is 5.73 Å². The van der Waals surface area contributed by atoms with Gasteiger partial charge in [0.15, 0.2) is 0 Å². The maximum absolute atomic E-state index is 6.72. The van der Waals surface area contributed by atoms with Crippen molar-refractivity contribution in [2.24, 2.45) is 11.1 Å². The van der Waals surface area contributed by atoms with Crippen molar-refractivity contribution in [3.8, 4) is 0 Å². The highest BCUT2D eigenvalue weighted by atomic mass is 32.2. The number of nitrogens with zero attached hydrogens (tertiary/aromatic N) is 1. The lowest BCUT2D eigenvalue weighted by molar-refractivity contribution is -0.156. The second kappa shape index (κ2) is 5.79. The molecule has 0 bridgehead atoms. The molecule has 2 aliphatic rings. The quantitative estimate of drug-likeness (QED) is 0.866. The molecule has 1 saturated carbocycles. The van der Waals surface area contributed by atoms with Gasteiger partial charge >= 0.3 is 0 Å². The molecule has 4 heteroatoms. The Bertz CT molecular complexity index is 345. The van der Waals surface area contributed by atoms with Gasteiger partial charge in [-0.25, -0.2) is 0 Å². The molecule has 2 atom stereocenters. The lowest BCUT2D eigenvalue weighted by Gasteiger charge is -2.60. The van der Waals surface area contributed by atoms with E-state index >= 15 is 0 Å². The molecule has 3 nitrogen and oxygen atoms in total. The molecular weight excluding hydrogens is 268 g/mol. The van der Waals surface area contributed by atoms with Crippen LogP contribution in [0.4, 0.5) is 0 Å². The fourth-order valence-corrected chi connectivity index (χ4v) is 4.53. The van der Waals surface area contributed by atoms with Gasteiger partial charge < -0.3 is 15.4 Å². The van der Waals surface area contributed by atoms with Gasteiger partial charge in [0.05, 0.1) is 6.10 Å². The van der Waals surface area contributed by atoms with Gasteiger partial charge in [-0.15, -0.1) is 0 Å². The lowest BCUT2D eigenvalue weighted by Crippen LogP contribution is -2.73. The first-order valence-electron chi connectivity index (χ1n) is 7.97. The Morgan fingerprint density at radius 1 is 1.25 bits per heavy atom. The SMILES string of the molecule is CCOC1CC(N)(CN2CCSC(C)(C)CC2)C1(C)C. The summed E-state index contributed by atoms with van der Waals surface area (Å²) in [6, 6.07) is 0. The van der Waals surface area contributed by atoms with Gasteiger partial charge in [0.25, 0.3) is 0 Å². The molecule has 0 amide bonds. The summed E-state index contributed by atoms with van der Waals surface area (Å²) in [5, 5.41) is 0. The van der Waals surface area contributed by atoms with Crippen molar-refractivity contribution in [1.82, 2.24) is 4.90 Å². The van der Waals surface area contributed by atoms with Crippen LogP contribution in [0, 0.1) is 5.41 Å². The number of ether oxygens (including phenoxy) is 1. The summed E-state index contributed by atoms with van der Waals surface area (Å²) in [6.07, 6.45) is 2.58. The average molecular weight is 301 g/mol. The summed E-state index contributed by atoms with van der Waals surface area (Å²) in [5.41, 5.74) is 6.71. The van der Waals surface area contributed by atoms with Crippen molar-refractivity contribution in [2.45, 2.75) is 63.9 Å². The molecule has 1 aliphatic carbocycles. The van der Waals surface area contributed by atoms with Crippen molar-refractivity contribution >= 4 is 11.8 Å². The van der Waals surface area contributed by atoms with E-state index in [0.717, 1.165) is 19.6 Å². The van der Waals surface area contributed by atoms with Gasteiger partial charge in [0, 0.05) is 41.2 Å². The van der Waals surface area contributed by atoms with Crippen molar-refractivity contribution in [3.63, 3.8) is 0 Å². The fraction of sp³-hybridized carbons (Fsp3) is 1.00. The van der Waals surface area contributed by atoms with Crippen LogP contribution >= 0.6 is 11.8 Å². The van der Waals surface area contributed by atoms with Crippen LogP contribution in [0.15, 0.2) is 0 Å². The molecule has 0 spiro atoms. The summed E-state index contributed by atoms with van der Waals surface area (Å²) in [6.45, 7) is 15.5. The normalized spacial score (nSPS) is 37.2. The third-order valence-corrected chi connectivity index (χ3v) is 6.81. The summed E-state index contributed by atoms with van der Waals surface area (Å²) in [4.78, 5) is 2.58. The molecule has 0 aromatic heterocycles. The Balaban J connectivity index is 1.93. The van der Waals surface area contributed by atoms with E-state index < -0.39 is 0 Å². The van der Waals surface area contributed by atoms with Gasteiger partial charge in [-0.3, -0.25) is 0 Å². The molecule has 0 aromatic carbocycles. The van der Waals surface area contributed by atoms with Crippen LogP contribution in [0.2, 0.25) is 0 Å². The Hall–Kier alpha value is 0.230. The topological polar surface area (TPSA) is 38.5 Å². The molecule has 2 fully saturated rings. The van der Waals surface area contributed by atoms with Crippen molar-refractivity contribution in [1.29, 1.82) is 0 Å². The zero-order chi connectivity index (χ0) is 15.0. The van der Waals surface area contributed by atoms with Crippen LogP contribution in [0.1, 0.15) is 47.5 Å². The molecule has 2 unspecified atom stereocenters. The van der Waals surface area contributed by atoms with Gasteiger partial charge in [-0.1, -0.05) is 27.7 Å². The first-order valence-corrected chi connectivity index (χ1v) is 8.95. The predicted molar refractivity (Wildman–Crippen MR) is 88.3 cm³/mol. The number of hydrogen-bond acceptors (Lipinski definition) is 4. The monoisotopic (exact) mass is 300 g/mol. The van der Waals surface area contributed by atoms with Gasteiger partial charge in [-0.2, -0.15) is 11.8 Å². The highest BCUT2D eigenvalue weighted by Gasteiger charge is 2.58. The van der Waals surface area contributed by atoms with Crippen molar-refractivity contribution < 1.29 is 4.74 Å². The van der Waals surface area contributed by atoms with Crippen molar-refractivity contribution in [3.05, 3.63) is 0 Å². The highest BCUT2D eigenvalue weighted by Crippen LogP contribution is 2.50. The van der Waals surface area contributed by atoms with Crippen LogP contribution in [0.3, 0.4) is 0 Å². The van der Waals surface area contributed by atoms with E-state index in [1.807, 2.05) is 0 Å². The number of nitrogens with two attached hydrogens (primary N) is 1. The summed E-state index contributed by atoms with van der Waals surface area (Å²) in [5.74, 6) is 1.22. The standard InChI is InChI=1S/C16H32N2OS/c1-6-19-13-11-16(17,15(13,4)5)12-18-8-7-14(2,3)20-10-9-18/h13H,6-12,17H2,1-5H3. The van der Waals surface area contributed by atoms with E-state index in [2.05, 4.69) is 51.3 Å². The maximum atomic E-state index is 6.72. The molecule has 1 saturated heterocycles. The molecule has 0 radical (unpaired) electrons. The van der Waals surface area contributed by atoms with E-state index in [4.69, 9.17) is 10.5 Å². The van der Waals surface area contributed by atoms with Gasteiger partial charge in [0.2, 0.25) is 0 Å². The molecule has 20 heavy (non-hydrogen) atoms. The minimum absolute atomic E-state index is 0.0813. The first-order chi connectivity index (χ1) is 9.20. The largest absolute Gasteiger partial charge is 0.378 e. The minimum atomic E-state index is -0.0913.